The highest BCUT2D eigenvalue weighted by Gasteiger charge is 2.57. The van der Waals surface area contributed by atoms with Gasteiger partial charge < -0.3 is 10.5 Å². The van der Waals surface area contributed by atoms with Gasteiger partial charge in [-0.25, -0.2) is 0 Å². The van der Waals surface area contributed by atoms with Crippen molar-refractivity contribution in [2.24, 2.45) is 17.1 Å². The van der Waals surface area contributed by atoms with Crippen LogP contribution in [-0.4, -0.2) is 13.7 Å². The van der Waals surface area contributed by atoms with E-state index in [0.29, 0.717) is 17.3 Å². The number of hydrogen-bond acceptors (Lipinski definition) is 2. The topological polar surface area (TPSA) is 35.2 Å². The zero-order valence-electron chi connectivity index (χ0n) is 9.96. The molecule has 1 aromatic carbocycles. The minimum atomic E-state index is 0.309. The van der Waals surface area contributed by atoms with E-state index in [2.05, 4.69) is 35.8 Å². The Morgan fingerprint density at radius 3 is 2.62 bits per heavy atom. The van der Waals surface area contributed by atoms with E-state index in [1.165, 1.54) is 5.56 Å². The summed E-state index contributed by atoms with van der Waals surface area (Å²) in [5.74, 6) is 2.02. The van der Waals surface area contributed by atoms with Crippen LogP contribution < -0.4 is 10.5 Å². The number of rotatable bonds is 3. The molecular formula is C13H18BrNO. The number of ether oxygens (including phenoxy) is 1. The van der Waals surface area contributed by atoms with E-state index >= 15 is 0 Å². The van der Waals surface area contributed by atoms with Crippen molar-refractivity contribution in [2.75, 3.05) is 13.7 Å². The summed E-state index contributed by atoms with van der Waals surface area (Å²) >= 11 is 3.62. The first kappa shape index (κ1) is 11.9. The summed E-state index contributed by atoms with van der Waals surface area (Å²) in [4.78, 5) is 0. The fourth-order valence-corrected chi connectivity index (χ4v) is 3.40. The molecule has 16 heavy (non-hydrogen) atoms. The summed E-state index contributed by atoms with van der Waals surface area (Å²) < 4.78 is 6.40. The van der Waals surface area contributed by atoms with Gasteiger partial charge in [0.15, 0.2) is 0 Å². The minimum absolute atomic E-state index is 0.309. The van der Waals surface area contributed by atoms with Crippen molar-refractivity contribution < 1.29 is 4.74 Å². The van der Waals surface area contributed by atoms with Crippen molar-refractivity contribution >= 4 is 15.9 Å². The molecule has 0 saturated heterocycles. The van der Waals surface area contributed by atoms with E-state index < -0.39 is 0 Å². The normalized spacial score (nSPS) is 26.6. The van der Waals surface area contributed by atoms with E-state index in [4.69, 9.17) is 10.5 Å². The van der Waals surface area contributed by atoms with Crippen LogP contribution >= 0.6 is 15.9 Å². The first-order chi connectivity index (χ1) is 7.54. The molecule has 1 aromatic rings. The van der Waals surface area contributed by atoms with Gasteiger partial charge in [0, 0.05) is 0 Å². The third-order valence-corrected chi connectivity index (χ3v) is 4.70. The van der Waals surface area contributed by atoms with Gasteiger partial charge in [0.25, 0.3) is 0 Å². The van der Waals surface area contributed by atoms with Gasteiger partial charge >= 0.3 is 0 Å². The van der Waals surface area contributed by atoms with Crippen molar-refractivity contribution in [1.82, 2.24) is 0 Å². The highest BCUT2D eigenvalue weighted by Crippen LogP contribution is 2.65. The van der Waals surface area contributed by atoms with E-state index in [9.17, 15) is 0 Å². The Kier molecular flexibility index (Phi) is 3.01. The van der Waals surface area contributed by atoms with Crippen LogP contribution in [0.2, 0.25) is 0 Å². The fourth-order valence-electron chi connectivity index (χ4n) is 2.73. The van der Waals surface area contributed by atoms with E-state index in [0.717, 1.165) is 16.8 Å². The van der Waals surface area contributed by atoms with Crippen LogP contribution in [-0.2, 0) is 0 Å². The molecule has 2 rings (SSSR count). The molecule has 0 heterocycles. The van der Waals surface area contributed by atoms with Gasteiger partial charge in [0.1, 0.15) is 5.75 Å². The Labute approximate surface area is 105 Å². The molecule has 0 aliphatic heterocycles. The zero-order valence-corrected chi connectivity index (χ0v) is 11.5. The highest BCUT2D eigenvalue weighted by molar-refractivity contribution is 9.10. The van der Waals surface area contributed by atoms with Crippen LogP contribution in [0.5, 0.6) is 5.75 Å². The Balaban J connectivity index is 2.36. The lowest BCUT2D eigenvalue weighted by Gasteiger charge is -2.09. The summed E-state index contributed by atoms with van der Waals surface area (Å²) in [6.45, 7) is 5.31. The number of benzene rings is 1. The lowest BCUT2D eigenvalue weighted by molar-refractivity contribution is 0.411. The number of methoxy groups -OCH3 is 1. The average Bonchev–Trinajstić information content (AvgIpc) is 2.80. The molecule has 1 aliphatic rings. The second-order valence-electron chi connectivity index (χ2n) is 5.00. The maximum Gasteiger partial charge on any atom is 0.133 e. The first-order valence-corrected chi connectivity index (χ1v) is 6.35. The molecule has 2 atom stereocenters. The molecule has 2 N–H and O–H groups in total. The molecule has 0 aromatic heterocycles. The zero-order chi connectivity index (χ0) is 11.9. The van der Waals surface area contributed by atoms with E-state index in [1.807, 2.05) is 12.1 Å². The molecule has 1 fully saturated rings. The van der Waals surface area contributed by atoms with Crippen molar-refractivity contribution in [3.8, 4) is 5.75 Å². The molecule has 1 saturated carbocycles. The first-order valence-electron chi connectivity index (χ1n) is 5.56. The Morgan fingerprint density at radius 1 is 1.44 bits per heavy atom. The standard InChI is InChI=1S/C13H18BrNO/c1-13(2)9(7-15)11(13)8-5-4-6-10(16-3)12(8)14/h4-6,9,11H,7,15H2,1-3H3/t9-,11-/m1/s1. The lowest BCUT2D eigenvalue weighted by atomic mass is 10.0. The van der Waals surface area contributed by atoms with Crippen LogP contribution in [0.3, 0.4) is 0 Å². The van der Waals surface area contributed by atoms with Crippen molar-refractivity contribution in [2.45, 2.75) is 19.8 Å². The van der Waals surface area contributed by atoms with Crippen LogP contribution in [0.15, 0.2) is 22.7 Å². The monoisotopic (exact) mass is 283 g/mol. The average molecular weight is 284 g/mol. The molecule has 0 radical (unpaired) electrons. The Morgan fingerprint density at radius 2 is 2.12 bits per heavy atom. The van der Waals surface area contributed by atoms with Crippen molar-refractivity contribution in [1.29, 1.82) is 0 Å². The number of halogens is 1. The SMILES string of the molecule is COc1cccc([C@@H]2[C@@H](CN)C2(C)C)c1Br. The maximum atomic E-state index is 5.81. The van der Waals surface area contributed by atoms with Gasteiger partial charge in [0.2, 0.25) is 0 Å². The second kappa shape index (κ2) is 4.04. The number of nitrogens with two attached hydrogens (primary N) is 1. The van der Waals surface area contributed by atoms with Crippen LogP contribution in [0, 0.1) is 11.3 Å². The largest absolute Gasteiger partial charge is 0.496 e. The van der Waals surface area contributed by atoms with Crippen LogP contribution in [0.4, 0.5) is 0 Å². The summed E-state index contributed by atoms with van der Waals surface area (Å²) in [5.41, 5.74) is 7.44. The quantitative estimate of drug-likeness (QED) is 0.925. The van der Waals surface area contributed by atoms with E-state index in [1.54, 1.807) is 7.11 Å². The van der Waals surface area contributed by atoms with Gasteiger partial charge in [-0.2, -0.15) is 0 Å². The molecule has 3 heteroatoms. The summed E-state index contributed by atoms with van der Waals surface area (Å²) in [6.07, 6.45) is 0. The van der Waals surface area contributed by atoms with Gasteiger partial charge in [-0.1, -0.05) is 26.0 Å². The summed E-state index contributed by atoms with van der Waals surface area (Å²) in [6, 6.07) is 6.18. The molecular weight excluding hydrogens is 266 g/mol. The van der Waals surface area contributed by atoms with Gasteiger partial charge in [-0.3, -0.25) is 0 Å². The second-order valence-corrected chi connectivity index (χ2v) is 5.80. The Hall–Kier alpha value is -0.540. The number of hydrogen-bond donors (Lipinski definition) is 1. The molecule has 0 spiro atoms. The van der Waals surface area contributed by atoms with Crippen molar-refractivity contribution in [3.05, 3.63) is 28.2 Å². The van der Waals surface area contributed by atoms with E-state index in [-0.39, 0.29) is 0 Å². The molecule has 0 unspecified atom stereocenters. The molecule has 0 amide bonds. The van der Waals surface area contributed by atoms with Gasteiger partial charge in [-0.15, -0.1) is 0 Å². The smallest absolute Gasteiger partial charge is 0.133 e. The molecule has 0 bridgehead atoms. The van der Waals surface area contributed by atoms with Gasteiger partial charge in [-0.05, 0) is 51.4 Å². The summed E-state index contributed by atoms with van der Waals surface area (Å²) in [5, 5.41) is 0. The van der Waals surface area contributed by atoms with Crippen molar-refractivity contribution in [3.63, 3.8) is 0 Å². The van der Waals surface area contributed by atoms with Gasteiger partial charge in [0.05, 0.1) is 11.6 Å². The lowest BCUT2D eigenvalue weighted by Crippen LogP contribution is -2.05. The highest BCUT2D eigenvalue weighted by atomic mass is 79.9. The predicted molar refractivity (Wildman–Crippen MR) is 69.8 cm³/mol. The third-order valence-electron chi connectivity index (χ3n) is 3.85. The third kappa shape index (κ3) is 1.66. The molecule has 2 nitrogen and oxygen atoms in total. The molecule has 88 valence electrons. The fraction of sp³-hybridized carbons (Fsp3) is 0.538. The van der Waals surface area contributed by atoms with Crippen LogP contribution in [0.25, 0.3) is 0 Å². The Bertz CT molecular complexity index is 403. The maximum absolute atomic E-state index is 5.81. The minimum Gasteiger partial charge on any atom is -0.496 e. The molecule has 1 aliphatic carbocycles. The predicted octanol–water partition coefficient (Wildman–Crippen LogP) is 3.16. The summed E-state index contributed by atoms with van der Waals surface area (Å²) in [7, 11) is 1.70. The van der Waals surface area contributed by atoms with Crippen LogP contribution in [0.1, 0.15) is 25.3 Å².